The van der Waals surface area contributed by atoms with Gasteiger partial charge in [-0.25, -0.2) is 0 Å². The number of aliphatic hydroxyl groups is 1. The molecule has 1 saturated carbocycles. The lowest BCUT2D eigenvalue weighted by Crippen LogP contribution is -2.43. The van der Waals surface area contributed by atoms with Crippen molar-refractivity contribution in [2.45, 2.75) is 70.0 Å². The summed E-state index contributed by atoms with van der Waals surface area (Å²) < 4.78 is 6.43. The van der Waals surface area contributed by atoms with Crippen LogP contribution in [0.5, 0.6) is 0 Å². The highest BCUT2D eigenvalue weighted by Crippen LogP contribution is 2.40. The molecule has 0 amide bonds. The van der Waals surface area contributed by atoms with Crippen LogP contribution < -0.4 is 5.32 Å². The van der Waals surface area contributed by atoms with Crippen LogP contribution in [0.25, 0.3) is 0 Å². The van der Waals surface area contributed by atoms with E-state index in [1.807, 2.05) is 18.2 Å². The third-order valence-corrected chi connectivity index (χ3v) is 6.38. The van der Waals surface area contributed by atoms with Gasteiger partial charge in [-0.05, 0) is 62.6 Å². The van der Waals surface area contributed by atoms with E-state index in [9.17, 15) is 5.11 Å². The van der Waals surface area contributed by atoms with Gasteiger partial charge in [0.2, 0.25) is 0 Å². The Kier molecular flexibility index (Phi) is 6.92. The highest BCUT2D eigenvalue weighted by molar-refractivity contribution is 5.23. The first-order chi connectivity index (χ1) is 12.2. The zero-order valence-corrected chi connectivity index (χ0v) is 15.8. The zero-order chi connectivity index (χ0) is 17.5. The molecular weight excluding hydrogens is 310 g/mol. The average Bonchev–Trinajstić information content (AvgIpc) is 2.70. The largest absolute Gasteiger partial charge is 0.382 e. The molecule has 2 aliphatic rings. The number of nitrogens with one attached hydrogen (secondary N) is 1. The van der Waals surface area contributed by atoms with Crippen molar-refractivity contribution in [2.75, 3.05) is 19.7 Å². The van der Waals surface area contributed by atoms with E-state index in [-0.39, 0.29) is 6.10 Å². The lowest BCUT2D eigenvalue weighted by molar-refractivity contribution is -0.130. The molecule has 25 heavy (non-hydrogen) atoms. The van der Waals surface area contributed by atoms with Crippen molar-refractivity contribution in [3.8, 4) is 0 Å². The molecule has 1 aromatic carbocycles. The minimum atomic E-state index is -0.845. The molecule has 2 fully saturated rings. The maximum absolute atomic E-state index is 11.7. The summed E-state index contributed by atoms with van der Waals surface area (Å²) in [5, 5.41) is 15.2. The first-order valence-corrected chi connectivity index (χ1v) is 10.3. The summed E-state index contributed by atoms with van der Waals surface area (Å²) in [6.45, 7) is 4.84. The summed E-state index contributed by atoms with van der Waals surface area (Å²) in [6.07, 6.45) is 9.64. The SMILES string of the molecule is CCC(OC[C@](O)(c1ccccc1)C1CCCCC1)C1CCNCC1. The van der Waals surface area contributed by atoms with Crippen molar-refractivity contribution in [3.05, 3.63) is 35.9 Å². The Balaban J connectivity index is 1.72. The van der Waals surface area contributed by atoms with Crippen LogP contribution in [-0.2, 0) is 10.3 Å². The Morgan fingerprint density at radius 1 is 1.08 bits per heavy atom. The molecule has 3 rings (SSSR count). The molecule has 0 spiro atoms. The quantitative estimate of drug-likeness (QED) is 0.776. The second-order valence-electron chi connectivity index (χ2n) is 7.97. The van der Waals surface area contributed by atoms with Crippen molar-refractivity contribution in [3.63, 3.8) is 0 Å². The molecule has 140 valence electrons. The summed E-state index contributed by atoms with van der Waals surface area (Å²) in [6, 6.07) is 10.2. The van der Waals surface area contributed by atoms with Crippen LogP contribution in [-0.4, -0.2) is 30.9 Å². The van der Waals surface area contributed by atoms with Crippen molar-refractivity contribution >= 4 is 0 Å². The maximum atomic E-state index is 11.7. The molecule has 1 heterocycles. The van der Waals surface area contributed by atoms with Crippen LogP contribution in [0, 0.1) is 11.8 Å². The van der Waals surface area contributed by atoms with Gasteiger partial charge in [0.15, 0.2) is 0 Å². The number of benzene rings is 1. The van der Waals surface area contributed by atoms with E-state index in [0.29, 0.717) is 18.4 Å². The van der Waals surface area contributed by atoms with Gasteiger partial charge in [-0.1, -0.05) is 56.5 Å². The molecule has 0 radical (unpaired) electrons. The van der Waals surface area contributed by atoms with E-state index < -0.39 is 5.60 Å². The molecule has 2 N–H and O–H groups in total. The smallest absolute Gasteiger partial charge is 0.116 e. The van der Waals surface area contributed by atoms with Crippen molar-refractivity contribution in [2.24, 2.45) is 11.8 Å². The number of hydrogen-bond acceptors (Lipinski definition) is 3. The second-order valence-corrected chi connectivity index (χ2v) is 7.97. The predicted octanol–water partition coefficient (Wildman–Crippen LogP) is 4.25. The molecule has 2 atom stereocenters. The molecule has 0 bridgehead atoms. The average molecular weight is 346 g/mol. The van der Waals surface area contributed by atoms with Gasteiger partial charge in [-0.3, -0.25) is 0 Å². The first-order valence-electron chi connectivity index (χ1n) is 10.3. The Labute approximate surface area is 153 Å². The molecule has 1 unspecified atom stereocenters. The lowest BCUT2D eigenvalue weighted by Gasteiger charge is -2.40. The van der Waals surface area contributed by atoms with Gasteiger partial charge in [0.05, 0.1) is 12.7 Å². The molecule has 1 aliphatic carbocycles. The Hall–Kier alpha value is -0.900. The van der Waals surface area contributed by atoms with Gasteiger partial charge in [0.1, 0.15) is 5.60 Å². The van der Waals surface area contributed by atoms with Crippen LogP contribution in [0.2, 0.25) is 0 Å². The Morgan fingerprint density at radius 3 is 2.40 bits per heavy atom. The monoisotopic (exact) mass is 345 g/mol. The van der Waals surface area contributed by atoms with Crippen molar-refractivity contribution < 1.29 is 9.84 Å². The standard InChI is InChI=1S/C22H35NO2/c1-2-21(18-13-15-23-16-14-18)25-17-22(24,19-9-5-3-6-10-19)20-11-7-4-8-12-20/h3,5-6,9-10,18,20-21,23-24H,2,4,7-8,11-17H2,1H3/t21?,22-/m0/s1. The molecule has 1 saturated heterocycles. The van der Waals surface area contributed by atoms with E-state index in [0.717, 1.165) is 37.9 Å². The highest BCUT2D eigenvalue weighted by Gasteiger charge is 2.40. The van der Waals surface area contributed by atoms with Gasteiger partial charge in [-0.15, -0.1) is 0 Å². The summed E-state index contributed by atoms with van der Waals surface area (Å²) in [7, 11) is 0. The van der Waals surface area contributed by atoms with E-state index in [1.54, 1.807) is 0 Å². The van der Waals surface area contributed by atoms with Crippen LogP contribution in [0.1, 0.15) is 63.9 Å². The summed E-state index contributed by atoms with van der Waals surface area (Å²) in [4.78, 5) is 0. The second kappa shape index (κ2) is 9.16. The van der Waals surface area contributed by atoms with Crippen LogP contribution >= 0.6 is 0 Å². The van der Waals surface area contributed by atoms with E-state index in [4.69, 9.17) is 4.74 Å². The minimum Gasteiger partial charge on any atom is -0.382 e. The fourth-order valence-electron chi connectivity index (χ4n) is 4.78. The predicted molar refractivity (Wildman–Crippen MR) is 103 cm³/mol. The fourth-order valence-corrected chi connectivity index (χ4v) is 4.78. The number of hydrogen-bond donors (Lipinski definition) is 2. The van der Waals surface area contributed by atoms with E-state index >= 15 is 0 Å². The Morgan fingerprint density at radius 2 is 1.76 bits per heavy atom. The van der Waals surface area contributed by atoms with Crippen LogP contribution in [0.3, 0.4) is 0 Å². The summed E-state index contributed by atoms with van der Waals surface area (Å²) in [5.74, 6) is 0.937. The van der Waals surface area contributed by atoms with Gasteiger partial charge in [0, 0.05) is 0 Å². The topological polar surface area (TPSA) is 41.5 Å². The Bertz CT molecular complexity index is 494. The molecule has 3 nitrogen and oxygen atoms in total. The van der Waals surface area contributed by atoms with E-state index in [1.165, 1.54) is 32.1 Å². The van der Waals surface area contributed by atoms with Crippen LogP contribution in [0.15, 0.2) is 30.3 Å². The number of ether oxygens (including phenoxy) is 1. The van der Waals surface area contributed by atoms with Gasteiger partial charge in [-0.2, -0.15) is 0 Å². The fraction of sp³-hybridized carbons (Fsp3) is 0.727. The highest BCUT2D eigenvalue weighted by atomic mass is 16.5. The van der Waals surface area contributed by atoms with Crippen molar-refractivity contribution in [1.29, 1.82) is 0 Å². The van der Waals surface area contributed by atoms with Gasteiger partial charge in [0.25, 0.3) is 0 Å². The van der Waals surface area contributed by atoms with Crippen molar-refractivity contribution in [1.82, 2.24) is 5.32 Å². The first kappa shape index (κ1) is 18.9. The lowest BCUT2D eigenvalue weighted by atomic mass is 9.73. The van der Waals surface area contributed by atoms with Gasteiger partial charge >= 0.3 is 0 Å². The van der Waals surface area contributed by atoms with E-state index in [2.05, 4.69) is 24.4 Å². The molecule has 1 aliphatic heterocycles. The third kappa shape index (κ3) is 4.64. The van der Waals surface area contributed by atoms with Gasteiger partial charge < -0.3 is 15.2 Å². The molecule has 0 aromatic heterocycles. The molecular formula is C22H35NO2. The normalized spacial score (nSPS) is 23.9. The molecule has 1 aromatic rings. The summed E-state index contributed by atoms with van der Waals surface area (Å²) >= 11 is 0. The third-order valence-electron chi connectivity index (χ3n) is 6.38. The number of rotatable bonds is 7. The minimum absolute atomic E-state index is 0.265. The zero-order valence-electron chi connectivity index (χ0n) is 15.8. The summed E-state index contributed by atoms with van der Waals surface area (Å²) in [5.41, 5.74) is 0.184. The van der Waals surface area contributed by atoms with Crippen LogP contribution in [0.4, 0.5) is 0 Å². The molecule has 3 heteroatoms. The number of piperidine rings is 1. The maximum Gasteiger partial charge on any atom is 0.116 e.